The molecule has 0 spiro atoms. The van der Waals surface area contributed by atoms with Crippen molar-refractivity contribution in [1.82, 2.24) is 4.90 Å². The molecule has 15 heavy (non-hydrogen) atoms. The van der Waals surface area contributed by atoms with E-state index in [1.807, 2.05) is 7.05 Å². The molecule has 4 heteroatoms. The van der Waals surface area contributed by atoms with Crippen molar-refractivity contribution in [2.75, 3.05) is 18.6 Å². The lowest BCUT2D eigenvalue weighted by atomic mass is 10.2. The number of halogens is 1. The summed E-state index contributed by atoms with van der Waals surface area (Å²) in [5.74, 6) is 0.101. The first kappa shape index (κ1) is 12.6. The Balaban J connectivity index is 2.60. The maximum absolute atomic E-state index is 11.3. The van der Waals surface area contributed by atoms with Crippen molar-refractivity contribution in [2.45, 2.75) is 11.4 Å². The zero-order chi connectivity index (χ0) is 11.3. The maximum atomic E-state index is 11.3. The van der Waals surface area contributed by atoms with Crippen molar-refractivity contribution in [3.05, 3.63) is 29.8 Å². The van der Waals surface area contributed by atoms with Gasteiger partial charge in [0.1, 0.15) is 0 Å². The van der Waals surface area contributed by atoms with E-state index in [-0.39, 0.29) is 5.91 Å². The Kier molecular flexibility index (Phi) is 5.19. The molecule has 0 atom stereocenters. The summed E-state index contributed by atoms with van der Waals surface area (Å²) in [5.41, 5.74) is 1.16. The van der Waals surface area contributed by atoms with Gasteiger partial charge in [-0.3, -0.25) is 4.79 Å². The van der Waals surface area contributed by atoms with Crippen LogP contribution in [-0.2, 0) is 11.3 Å². The second kappa shape index (κ2) is 6.18. The number of nitrogens with zero attached hydrogens (tertiary/aromatic N) is 1. The summed E-state index contributed by atoms with van der Waals surface area (Å²) < 4.78 is 0. The number of hydrogen-bond donors (Lipinski definition) is 0. The zero-order valence-corrected chi connectivity index (χ0v) is 11.3. The van der Waals surface area contributed by atoms with Crippen molar-refractivity contribution in [3.63, 3.8) is 0 Å². The highest BCUT2D eigenvalue weighted by molar-refractivity contribution is 9.09. The number of carbonyl (C=O) groups is 1. The molecule has 0 unspecified atom stereocenters. The van der Waals surface area contributed by atoms with Gasteiger partial charge < -0.3 is 4.90 Å². The Bertz CT molecular complexity index is 326. The molecule has 0 radical (unpaired) electrons. The minimum absolute atomic E-state index is 0.101. The number of alkyl halides is 1. The third-order valence-corrected chi connectivity index (χ3v) is 3.34. The van der Waals surface area contributed by atoms with E-state index >= 15 is 0 Å². The summed E-state index contributed by atoms with van der Waals surface area (Å²) >= 11 is 4.88. The van der Waals surface area contributed by atoms with Crippen LogP contribution in [0, 0.1) is 0 Å². The van der Waals surface area contributed by atoms with Crippen LogP contribution in [0.15, 0.2) is 29.2 Å². The van der Waals surface area contributed by atoms with Crippen molar-refractivity contribution in [1.29, 1.82) is 0 Å². The largest absolute Gasteiger partial charge is 0.341 e. The van der Waals surface area contributed by atoms with Crippen LogP contribution in [0.1, 0.15) is 5.56 Å². The lowest BCUT2D eigenvalue weighted by molar-refractivity contribution is -0.127. The Morgan fingerprint density at radius 3 is 2.47 bits per heavy atom. The molecular formula is C11H14BrNOS. The molecular weight excluding hydrogens is 274 g/mol. The summed E-state index contributed by atoms with van der Waals surface area (Å²) in [6, 6.07) is 8.27. The topological polar surface area (TPSA) is 20.3 Å². The first-order valence-electron chi connectivity index (χ1n) is 4.60. The van der Waals surface area contributed by atoms with Crippen LogP contribution in [0.4, 0.5) is 0 Å². The van der Waals surface area contributed by atoms with E-state index in [9.17, 15) is 4.79 Å². The summed E-state index contributed by atoms with van der Waals surface area (Å²) in [4.78, 5) is 14.3. The van der Waals surface area contributed by atoms with Gasteiger partial charge in [-0.05, 0) is 24.0 Å². The quantitative estimate of drug-likeness (QED) is 0.627. The van der Waals surface area contributed by atoms with Crippen molar-refractivity contribution in [2.24, 2.45) is 0 Å². The number of benzene rings is 1. The second-order valence-corrected chi connectivity index (χ2v) is 4.67. The highest BCUT2D eigenvalue weighted by Gasteiger charge is 2.06. The van der Waals surface area contributed by atoms with Crippen LogP contribution in [0.25, 0.3) is 0 Å². The maximum Gasteiger partial charge on any atom is 0.233 e. The minimum atomic E-state index is 0.101. The number of amides is 1. The molecule has 0 aliphatic rings. The number of rotatable bonds is 4. The zero-order valence-electron chi connectivity index (χ0n) is 8.87. The van der Waals surface area contributed by atoms with E-state index in [0.29, 0.717) is 11.9 Å². The lowest BCUT2D eigenvalue weighted by Gasteiger charge is -2.15. The van der Waals surface area contributed by atoms with Crippen molar-refractivity contribution >= 4 is 33.6 Å². The number of thioether (sulfide) groups is 1. The normalized spacial score (nSPS) is 10.1. The van der Waals surface area contributed by atoms with E-state index < -0.39 is 0 Å². The Morgan fingerprint density at radius 2 is 2.00 bits per heavy atom. The van der Waals surface area contributed by atoms with Gasteiger partial charge in [0.25, 0.3) is 0 Å². The molecule has 0 aliphatic carbocycles. The molecule has 0 bridgehead atoms. The van der Waals surface area contributed by atoms with Gasteiger partial charge in [-0.25, -0.2) is 0 Å². The standard InChI is InChI=1S/C11H14BrNOS/c1-13(11(14)7-12)8-9-3-5-10(15-2)6-4-9/h3-6H,7-8H2,1-2H3. The monoisotopic (exact) mass is 287 g/mol. The molecule has 82 valence electrons. The molecule has 2 nitrogen and oxygen atoms in total. The van der Waals surface area contributed by atoms with Gasteiger partial charge in [0.2, 0.25) is 5.91 Å². The van der Waals surface area contributed by atoms with E-state index in [2.05, 4.69) is 46.5 Å². The minimum Gasteiger partial charge on any atom is -0.341 e. The number of hydrogen-bond acceptors (Lipinski definition) is 2. The predicted octanol–water partition coefficient (Wildman–Crippen LogP) is 2.76. The molecule has 0 heterocycles. The van der Waals surface area contributed by atoms with Gasteiger partial charge in [-0.1, -0.05) is 28.1 Å². The van der Waals surface area contributed by atoms with Crippen LogP contribution in [0.3, 0.4) is 0 Å². The average Bonchev–Trinajstić information content (AvgIpc) is 2.29. The Morgan fingerprint density at radius 1 is 1.40 bits per heavy atom. The third kappa shape index (κ3) is 3.87. The van der Waals surface area contributed by atoms with Crippen molar-refractivity contribution in [3.8, 4) is 0 Å². The SMILES string of the molecule is CSc1ccc(CN(C)C(=O)CBr)cc1. The van der Waals surface area contributed by atoms with Gasteiger partial charge in [-0.15, -0.1) is 11.8 Å². The molecule has 0 saturated carbocycles. The number of carbonyl (C=O) groups excluding carboxylic acids is 1. The highest BCUT2D eigenvalue weighted by atomic mass is 79.9. The van der Waals surface area contributed by atoms with Crippen LogP contribution >= 0.6 is 27.7 Å². The molecule has 1 amide bonds. The molecule has 1 aromatic carbocycles. The fourth-order valence-electron chi connectivity index (χ4n) is 1.20. The van der Waals surface area contributed by atoms with Gasteiger partial charge in [0, 0.05) is 18.5 Å². The summed E-state index contributed by atoms with van der Waals surface area (Å²) in [6.07, 6.45) is 2.05. The molecule has 0 aromatic heterocycles. The van der Waals surface area contributed by atoms with Crippen LogP contribution < -0.4 is 0 Å². The van der Waals surface area contributed by atoms with Crippen LogP contribution in [0.2, 0.25) is 0 Å². The fourth-order valence-corrected chi connectivity index (χ4v) is 2.03. The summed E-state index contributed by atoms with van der Waals surface area (Å²) in [5, 5.41) is 0.381. The smallest absolute Gasteiger partial charge is 0.233 e. The molecule has 0 fully saturated rings. The lowest BCUT2D eigenvalue weighted by Crippen LogP contribution is -2.26. The molecule has 0 aliphatic heterocycles. The first-order valence-corrected chi connectivity index (χ1v) is 6.95. The summed E-state index contributed by atoms with van der Waals surface area (Å²) in [7, 11) is 1.81. The van der Waals surface area contributed by atoms with Gasteiger partial charge in [0.15, 0.2) is 0 Å². The van der Waals surface area contributed by atoms with E-state index in [0.717, 1.165) is 5.56 Å². The van der Waals surface area contributed by atoms with Crippen molar-refractivity contribution < 1.29 is 4.79 Å². The van der Waals surface area contributed by atoms with Gasteiger partial charge in [0.05, 0.1) is 5.33 Å². The van der Waals surface area contributed by atoms with Gasteiger partial charge >= 0.3 is 0 Å². The fraction of sp³-hybridized carbons (Fsp3) is 0.364. The van der Waals surface area contributed by atoms with E-state index in [4.69, 9.17) is 0 Å². The average molecular weight is 288 g/mol. The Labute approximate surface area is 103 Å². The summed E-state index contributed by atoms with van der Waals surface area (Å²) in [6.45, 7) is 0.666. The van der Waals surface area contributed by atoms with E-state index in [1.165, 1.54) is 4.90 Å². The van der Waals surface area contributed by atoms with E-state index in [1.54, 1.807) is 16.7 Å². The second-order valence-electron chi connectivity index (χ2n) is 3.23. The van der Waals surface area contributed by atoms with Gasteiger partial charge in [-0.2, -0.15) is 0 Å². The molecule has 0 N–H and O–H groups in total. The van der Waals surface area contributed by atoms with Crippen LogP contribution in [0.5, 0.6) is 0 Å². The third-order valence-electron chi connectivity index (χ3n) is 2.12. The predicted molar refractivity (Wildman–Crippen MR) is 68.5 cm³/mol. The Hall–Kier alpha value is -0.480. The highest BCUT2D eigenvalue weighted by Crippen LogP contribution is 2.15. The molecule has 1 rings (SSSR count). The first-order chi connectivity index (χ1) is 7.17. The van der Waals surface area contributed by atoms with Crippen LogP contribution in [-0.4, -0.2) is 29.4 Å². The molecule has 0 saturated heterocycles. The molecule has 1 aromatic rings.